The molecule has 2 heterocycles. The van der Waals surface area contributed by atoms with Crippen LogP contribution in [0, 0.1) is 0 Å². The molecule has 0 saturated heterocycles. The van der Waals surface area contributed by atoms with Crippen molar-refractivity contribution in [3.63, 3.8) is 0 Å². The molecule has 0 aliphatic carbocycles. The minimum Gasteiger partial charge on any atom is -0.465 e. The van der Waals surface area contributed by atoms with E-state index in [4.69, 9.17) is 11.6 Å². The van der Waals surface area contributed by atoms with Gasteiger partial charge in [0.2, 0.25) is 0 Å². The van der Waals surface area contributed by atoms with E-state index in [0.717, 1.165) is 20.4 Å². The molecule has 198 valence electrons. The molecule has 0 N–H and O–H groups in total. The van der Waals surface area contributed by atoms with E-state index in [1.165, 1.54) is 18.2 Å². The van der Waals surface area contributed by atoms with Crippen LogP contribution in [0.2, 0.25) is 5.02 Å². The lowest BCUT2D eigenvalue weighted by atomic mass is 10.1. The molecule has 3 aromatic rings. The monoisotopic (exact) mass is 547 g/mol. The van der Waals surface area contributed by atoms with Crippen molar-refractivity contribution in [1.82, 2.24) is 24.8 Å². The summed E-state index contributed by atoms with van der Waals surface area (Å²) in [4.78, 5) is 11.8. The predicted octanol–water partition coefficient (Wildman–Crippen LogP) is 5.89. The van der Waals surface area contributed by atoms with Gasteiger partial charge in [0, 0.05) is 18.2 Å². The molecule has 16 heteroatoms. The molecule has 0 spiro atoms. The molecule has 0 unspecified atom stereocenters. The third kappa shape index (κ3) is 5.77. The van der Waals surface area contributed by atoms with Gasteiger partial charge in [-0.25, -0.2) is 9.48 Å². The second-order valence-corrected chi connectivity index (χ2v) is 7.28. The molecular formula is C20H18ClF8N5O2. The third-order valence-corrected chi connectivity index (χ3v) is 4.85. The molecule has 0 aliphatic heterocycles. The zero-order valence-corrected chi connectivity index (χ0v) is 19.7. The van der Waals surface area contributed by atoms with Gasteiger partial charge < -0.3 is 4.74 Å². The van der Waals surface area contributed by atoms with Gasteiger partial charge in [0.05, 0.1) is 30.3 Å². The van der Waals surface area contributed by atoms with Crippen LogP contribution in [-0.4, -0.2) is 50.2 Å². The first kappa shape index (κ1) is 29.0. The van der Waals surface area contributed by atoms with Crippen LogP contribution in [-0.2, 0) is 24.1 Å². The average Bonchev–Trinajstić information content (AvgIpc) is 3.37. The van der Waals surface area contributed by atoms with Crippen molar-refractivity contribution >= 4 is 17.6 Å². The van der Waals surface area contributed by atoms with Gasteiger partial charge in [-0.3, -0.25) is 4.68 Å². The fraction of sp³-hybridized carbons (Fsp3) is 0.400. The molecule has 3 rings (SSSR count). The van der Waals surface area contributed by atoms with Crippen molar-refractivity contribution in [2.45, 2.75) is 38.5 Å². The summed E-state index contributed by atoms with van der Waals surface area (Å²) in [5, 5.41) is 10.3. The standard InChI is InChI=1S/C18H12ClF8N5O2.C2H6/c1-31-14(10(6-16(20,21)22)13(29-31)17(23,24)18(25,26)27)32-7-12(28-30-32)8-3-4-11(19)9(5-8)15(33)34-2;1-2/h3-5,7H,6H2,1-2H3;1-2H3. The van der Waals surface area contributed by atoms with Gasteiger partial charge in [-0.1, -0.05) is 36.7 Å². The van der Waals surface area contributed by atoms with Gasteiger partial charge in [-0.15, -0.1) is 5.10 Å². The molecule has 36 heavy (non-hydrogen) atoms. The molecule has 1 aromatic carbocycles. The summed E-state index contributed by atoms with van der Waals surface area (Å²) in [6, 6.07) is 3.89. The molecule has 0 amide bonds. The zero-order chi connectivity index (χ0) is 27.6. The van der Waals surface area contributed by atoms with Gasteiger partial charge in [0.1, 0.15) is 11.4 Å². The zero-order valence-electron chi connectivity index (χ0n) is 19.0. The first-order valence-corrected chi connectivity index (χ1v) is 10.3. The highest BCUT2D eigenvalue weighted by Gasteiger charge is 2.62. The SMILES string of the molecule is CC.COC(=O)c1cc(-c2cn(-c3c(CC(F)(F)F)c(C(F)(F)C(F)(F)F)nn3C)nn2)ccc1Cl. The van der Waals surface area contributed by atoms with E-state index < -0.39 is 47.7 Å². The fourth-order valence-corrected chi connectivity index (χ4v) is 3.24. The highest BCUT2D eigenvalue weighted by Crippen LogP contribution is 2.46. The number of nitrogens with zero attached hydrogens (tertiary/aromatic N) is 5. The Balaban J connectivity index is 0.00000222. The van der Waals surface area contributed by atoms with E-state index in [1.54, 1.807) is 0 Å². The molecule has 2 aromatic heterocycles. The summed E-state index contributed by atoms with van der Waals surface area (Å²) in [7, 11) is 1.98. The molecule has 7 nitrogen and oxygen atoms in total. The lowest BCUT2D eigenvalue weighted by molar-refractivity contribution is -0.291. The van der Waals surface area contributed by atoms with Crippen LogP contribution in [0.5, 0.6) is 0 Å². The molecule has 0 saturated carbocycles. The Labute approximate surface area is 203 Å². The predicted molar refractivity (Wildman–Crippen MR) is 111 cm³/mol. The van der Waals surface area contributed by atoms with Crippen molar-refractivity contribution in [2.24, 2.45) is 7.05 Å². The summed E-state index contributed by atoms with van der Waals surface area (Å²) < 4.78 is 112. The van der Waals surface area contributed by atoms with Gasteiger partial charge >= 0.3 is 24.2 Å². The first-order chi connectivity index (χ1) is 16.6. The quantitative estimate of drug-likeness (QED) is 0.294. The van der Waals surface area contributed by atoms with Crippen LogP contribution in [0.15, 0.2) is 24.4 Å². The van der Waals surface area contributed by atoms with Crippen LogP contribution in [0.3, 0.4) is 0 Å². The van der Waals surface area contributed by atoms with E-state index in [0.29, 0.717) is 9.36 Å². The van der Waals surface area contributed by atoms with E-state index in [1.807, 2.05) is 13.8 Å². The van der Waals surface area contributed by atoms with Crippen LogP contribution >= 0.6 is 11.6 Å². The maximum absolute atomic E-state index is 14.0. The summed E-state index contributed by atoms with van der Waals surface area (Å²) in [6.07, 6.45) is -12.5. The number of ether oxygens (including phenoxy) is 1. The maximum Gasteiger partial charge on any atom is 0.459 e. The molecule has 0 bridgehead atoms. The smallest absolute Gasteiger partial charge is 0.459 e. The normalized spacial score (nSPS) is 12.2. The molecule has 0 atom stereocenters. The Morgan fingerprint density at radius 2 is 1.69 bits per heavy atom. The molecule has 0 radical (unpaired) electrons. The minimum absolute atomic E-state index is 0.0149. The largest absolute Gasteiger partial charge is 0.465 e. The van der Waals surface area contributed by atoms with Gasteiger partial charge in [0.25, 0.3) is 0 Å². The number of aromatic nitrogens is 5. The van der Waals surface area contributed by atoms with Gasteiger partial charge in [-0.2, -0.15) is 40.2 Å². The van der Waals surface area contributed by atoms with Gasteiger partial charge in [0.15, 0.2) is 5.82 Å². The number of benzene rings is 1. The third-order valence-electron chi connectivity index (χ3n) is 4.52. The van der Waals surface area contributed by atoms with Crippen LogP contribution in [0.1, 0.15) is 35.5 Å². The number of aryl methyl sites for hydroxylation is 1. The van der Waals surface area contributed by atoms with E-state index in [2.05, 4.69) is 20.1 Å². The fourth-order valence-electron chi connectivity index (χ4n) is 3.05. The van der Waals surface area contributed by atoms with Crippen LogP contribution < -0.4 is 0 Å². The Morgan fingerprint density at radius 3 is 2.22 bits per heavy atom. The second-order valence-electron chi connectivity index (χ2n) is 6.87. The number of hydrogen-bond acceptors (Lipinski definition) is 5. The highest BCUT2D eigenvalue weighted by molar-refractivity contribution is 6.33. The lowest BCUT2D eigenvalue weighted by Gasteiger charge is -2.19. The van der Waals surface area contributed by atoms with E-state index in [9.17, 15) is 39.9 Å². The second kappa shape index (κ2) is 10.4. The maximum atomic E-state index is 14.0. The number of halogens is 9. The van der Waals surface area contributed by atoms with Gasteiger partial charge in [-0.05, 0) is 12.1 Å². The molecule has 0 aliphatic rings. The summed E-state index contributed by atoms with van der Waals surface area (Å²) in [5.74, 6) is -7.28. The van der Waals surface area contributed by atoms with Crippen molar-refractivity contribution in [3.05, 3.63) is 46.2 Å². The Hall–Kier alpha value is -3.23. The number of esters is 1. The van der Waals surface area contributed by atoms with E-state index >= 15 is 0 Å². The minimum atomic E-state index is -6.19. The Kier molecular flexibility index (Phi) is 8.38. The summed E-state index contributed by atoms with van der Waals surface area (Å²) in [5.41, 5.74) is -3.50. The Morgan fingerprint density at radius 1 is 1.08 bits per heavy atom. The Bertz CT molecular complexity index is 1230. The lowest BCUT2D eigenvalue weighted by Crippen LogP contribution is -2.35. The van der Waals surface area contributed by atoms with Crippen LogP contribution in [0.4, 0.5) is 35.1 Å². The highest BCUT2D eigenvalue weighted by atomic mass is 35.5. The number of alkyl halides is 8. The first-order valence-electron chi connectivity index (χ1n) is 9.95. The van der Waals surface area contributed by atoms with Crippen molar-refractivity contribution < 1.29 is 44.7 Å². The number of carbonyl (C=O) groups is 1. The van der Waals surface area contributed by atoms with E-state index in [-0.39, 0.29) is 21.8 Å². The topological polar surface area (TPSA) is 74.8 Å². The number of methoxy groups -OCH3 is 1. The van der Waals surface area contributed by atoms with Crippen molar-refractivity contribution in [2.75, 3.05) is 7.11 Å². The summed E-state index contributed by atoms with van der Waals surface area (Å²) in [6.45, 7) is 4.00. The van der Waals surface area contributed by atoms with Crippen molar-refractivity contribution in [3.8, 4) is 17.1 Å². The van der Waals surface area contributed by atoms with Crippen LogP contribution in [0.25, 0.3) is 17.1 Å². The average molecular weight is 548 g/mol. The number of rotatable bonds is 5. The summed E-state index contributed by atoms with van der Waals surface area (Å²) >= 11 is 5.92. The molecule has 0 fully saturated rings. The number of hydrogen-bond donors (Lipinski definition) is 0. The van der Waals surface area contributed by atoms with Crippen molar-refractivity contribution in [1.29, 1.82) is 0 Å². The molecular weight excluding hydrogens is 530 g/mol. The number of carbonyl (C=O) groups excluding carboxylic acids is 1.